The van der Waals surface area contributed by atoms with Crippen molar-refractivity contribution in [3.63, 3.8) is 0 Å². The molecule has 0 radical (unpaired) electrons. The van der Waals surface area contributed by atoms with Crippen LogP contribution < -0.4 is 15.1 Å². The first kappa shape index (κ1) is 16.1. The molecule has 1 aromatic rings. The van der Waals surface area contributed by atoms with Crippen LogP contribution in [0.2, 0.25) is 0 Å². The van der Waals surface area contributed by atoms with Crippen LogP contribution in [0.4, 0.5) is 16.2 Å². The fraction of sp³-hybridized carbons (Fsp3) is 0.500. The summed E-state index contributed by atoms with van der Waals surface area (Å²) in [5.41, 5.74) is 1.17. The van der Waals surface area contributed by atoms with E-state index < -0.39 is 17.7 Å². The number of fused-ring (bicyclic) bond motifs is 1. The van der Waals surface area contributed by atoms with Crippen LogP contribution in [0.25, 0.3) is 0 Å². The maximum atomic E-state index is 12.6. The molecule has 0 spiro atoms. The van der Waals surface area contributed by atoms with E-state index in [9.17, 15) is 9.59 Å². The van der Waals surface area contributed by atoms with Crippen LogP contribution in [0.15, 0.2) is 24.3 Å². The Hall–Kier alpha value is -2.24. The van der Waals surface area contributed by atoms with Gasteiger partial charge in [-0.3, -0.25) is 4.79 Å². The van der Waals surface area contributed by atoms with Gasteiger partial charge in [0.1, 0.15) is 11.6 Å². The summed E-state index contributed by atoms with van der Waals surface area (Å²) < 4.78 is 5.24. The van der Waals surface area contributed by atoms with E-state index in [0.29, 0.717) is 6.54 Å². The molecule has 1 heterocycles. The highest BCUT2D eigenvalue weighted by Gasteiger charge is 2.32. The number of benzene rings is 1. The van der Waals surface area contributed by atoms with Crippen molar-refractivity contribution in [3.05, 3.63) is 24.3 Å². The van der Waals surface area contributed by atoms with Crippen molar-refractivity contribution in [3.8, 4) is 0 Å². The van der Waals surface area contributed by atoms with Crippen molar-refractivity contribution < 1.29 is 14.3 Å². The van der Waals surface area contributed by atoms with Crippen LogP contribution in [-0.4, -0.2) is 44.3 Å². The Kier molecular flexibility index (Phi) is 4.30. The maximum Gasteiger partial charge on any atom is 0.408 e. The van der Waals surface area contributed by atoms with Gasteiger partial charge in [-0.05, 0) is 32.9 Å². The molecule has 6 nitrogen and oxygen atoms in total. The Morgan fingerprint density at radius 1 is 1.23 bits per heavy atom. The number of amides is 2. The SMILES string of the molecule is CN1C[C@H](NC(=O)OC(C)(C)C)C(=O)N(C)c2ccccc21. The van der Waals surface area contributed by atoms with Crippen molar-refractivity contribution in [1.29, 1.82) is 0 Å². The van der Waals surface area contributed by atoms with Crippen LogP contribution in [-0.2, 0) is 9.53 Å². The van der Waals surface area contributed by atoms with Gasteiger partial charge in [0.05, 0.1) is 11.4 Å². The monoisotopic (exact) mass is 305 g/mol. The quantitative estimate of drug-likeness (QED) is 0.862. The second-order valence-corrected chi connectivity index (χ2v) is 6.47. The largest absolute Gasteiger partial charge is 0.444 e. The summed E-state index contributed by atoms with van der Waals surface area (Å²) in [6, 6.07) is 7.00. The van der Waals surface area contributed by atoms with Crippen molar-refractivity contribution in [2.75, 3.05) is 30.4 Å². The summed E-state index contributed by atoms with van der Waals surface area (Å²) >= 11 is 0. The predicted molar refractivity (Wildman–Crippen MR) is 86.3 cm³/mol. The Morgan fingerprint density at radius 2 is 1.82 bits per heavy atom. The number of alkyl carbamates (subject to hydrolysis) is 1. The summed E-state index contributed by atoms with van der Waals surface area (Å²) in [6.07, 6.45) is -0.585. The molecular formula is C16H23N3O3. The lowest BCUT2D eigenvalue weighted by atomic mass is 10.2. The molecule has 0 bridgehead atoms. The van der Waals surface area contributed by atoms with Crippen LogP contribution in [0.1, 0.15) is 20.8 Å². The van der Waals surface area contributed by atoms with Gasteiger partial charge >= 0.3 is 6.09 Å². The molecule has 0 aliphatic carbocycles. The van der Waals surface area contributed by atoms with E-state index in [1.54, 1.807) is 32.7 Å². The molecule has 0 saturated carbocycles. The summed E-state index contributed by atoms with van der Waals surface area (Å²) in [6.45, 7) is 5.75. The number of likely N-dealkylation sites (N-methyl/N-ethyl adjacent to an activating group) is 2. The van der Waals surface area contributed by atoms with Crippen LogP contribution >= 0.6 is 0 Å². The number of nitrogens with one attached hydrogen (secondary N) is 1. The molecule has 22 heavy (non-hydrogen) atoms. The highest BCUT2D eigenvalue weighted by molar-refractivity contribution is 6.02. The van der Waals surface area contributed by atoms with Gasteiger partial charge in [0.15, 0.2) is 0 Å². The Labute approximate surface area is 131 Å². The fourth-order valence-corrected chi connectivity index (χ4v) is 2.43. The van der Waals surface area contributed by atoms with Gasteiger partial charge in [0.25, 0.3) is 5.91 Å². The van der Waals surface area contributed by atoms with Crippen LogP contribution in [0.5, 0.6) is 0 Å². The predicted octanol–water partition coefficient (Wildman–Crippen LogP) is 1.99. The smallest absolute Gasteiger partial charge is 0.408 e. The molecule has 0 aromatic heterocycles. The standard InChI is InChI=1S/C16H23N3O3/c1-16(2,3)22-15(21)17-11-10-18(4)12-8-6-7-9-13(12)19(5)14(11)20/h6-9,11H,10H2,1-5H3,(H,17,21)/t11-/m0/s1. The van der Waals surface area contributed by atoms with Crippen molar-refractivity contribution in [1.82, 2.24) is 5.32 Å². The number of para-hydroxylation sites is 2. The van der Waals surface area contributed by atoms with E-state index in [4.69, 9.17) is 4.74 Å². The zero-order chi connectivity index (χ0) is 16.5. The molecule has 1 atom stereocenters. The first-order valence-corrected chi connectivity index (χ1v) is 7.26. The minimum Gasteiger partial charge on any atom is -0.444 e. The van der Waals surface area contributed by atoms with E-state index in [2.05, 4.69) is 5.32 Å². The number of hydrogen-bond acceptors (Lipinski definition) is 4. The minimum absolute atomic E-state index is 0.164. The molecule has 120 valence electrons. The first-order valence-electron chi connectivity index (χ1n) is 7.26. The summed E-state index contributed by atoms with van der Waals surface area (Å²) in [5, 5.41) is 2.67. The van der Waals surface area contributed by atoms with Gasteiger partial charge in [-0.15, -0.1) is 0 Å². The lowest BCUT2D eigenvalue weighted by Crippen LogP contribution is -2.51. The van der Waals surface area contributed by atoms with E-state index in [1.165, 1.54) is 0 Å². The van der Waals surface area contributed by atoms with E-state index in [0.717, 1.165) is 11.4 Å². The van der Waals surface area contributed by atoms with Crippen LogP contribution in [0.3, 0.4) is 0 Å². The number of carbonyl (C=O) groups is 2. The lowest BCUT2D eigenvalue weighted by molar-refractivity contribution is -0.120. The van der Waals surface area contributed by atoms with Crippen molar-refractivity contribution in [2.24, 2.45) is 0 Å². The molecule has 0 saturated heterocycles. The van der Waals surface area contributed by atoms with Gasteiger partial charge in [0.2, 0.25) is 0 Å². The topological polar surface area (TPSA) is 61.9 Å². The molecule has 2 rings (SSSR count). The molecule has 1 N–H and O–H groups in total. The number of carbonyl (C=O) groups excluding carboxylic acids is 2. The van der Waals surface area contributed by atoms with Crippen molar-refractivity contribution in [2.45, 2.75) is 32.4 Å². The van der Waals surface area contributed by atoms with Gasteiger partial charge < -0.3 is 19.9 Å². The lowest BCUT2D eigenvalue weighted by Gasteiger charge is -2.25. The highest BCUT2D eigenvalue weighted by Crippen LogP contribution is 2.30. The number of hydrogen-bond donors (Lipinski definition) is 1. The molecule has 1 aliphatic rings. The normalized spacial score (nSPS) is 18.6. The number of anilines is 2. The number of rotatable bonds is 1. The third-order valence-electron chi connectivity index (χ3n) is 3.43. The highest BCUT2D eigenvalue weighted by atomic mass is 16.6. The van der Waals surface area contributed by atoms with Crippen molar-refractivity contribution >= 4 is 23.4 Å². The molecule has 1 aliphatic heterocycles. The molecular weight excluding hydrogens is 282 g/mol. The third-order valence-corrected chi connectivity index (χ3v) is 3.43. The zero-order valence-corrected chi connectivity index (χ0v) is 13.7. The Morgan fingerprint density at radius 3 is 2.41 bits per heavy atom. The fourth-order valence-electron chi connectivity index (χ4n) is 2.43. The molecule has 6 heteroatoms. The number of nitrogens with zero attached hydrogens (tertiary/aromatic N) is 2. The Bertz CT molecular complexity index is 580. The average Bonchev–Trinajstić information content (AvgIpc) is 2.49. The maximum absolute atomic E-state index is 12.6. The van der Waals surface area contributed by atoms with Gasteiger partial charge in [0, 0.05) is 20.6 Å². The van der Waals surface area contributed by atoms with Gasteiger partial charge in [-0.25, -0.2) is 4.79 Å². The molecule has 0 fully saturated rings. The minimum atomic E-state index is -0.655. The summed E-state index contributed by atoms with van der Waals surface area (Å²) in [4.78, 5) is 28.1. The zero-order valence-electron chi connectivity index (χ0n) is 13.7. The van der Waals surface area contributed by atoms with Gasteiger partial charge in [-0.1, -0.05) is 12.1 Å². The number of ether oxygens (including phenoxy) is 1. The second-order valence-electron chi connectivity index (χ2n) is 6.47. The van der Waals surface area contributed by atoms with E-state index in [-0.39, 0.29) is 5.91 Å². The van der Waals surface area contributed by atoms with E-state index >= 15 is 0 Å². The average molecular weight is 305 g/mol. The first-order chi connectivity index (χ1) is 10.2. The van der Waals surface area contributed by atoms with Gasteiger partial charge in [-0.2, -0.15) is 0 Å². The second kappa shape index (κ2) is 5.87. The summed E-state index contributed by atoms with van der Waals surface area (Å²) in [7, 11) is 3.61. The third kappa shape index (κ3) is 3.50. The molecule has 0 unspecified atom stereocenters. The molecule has 1 aromatic carbocycles. The molecule has 2 amide bonds. The summed E-state index contributed by atoms with van der Waals surface area (Å²) in [5.74, 6) is -0.164. The Balaban J connectivity index is 2.19. The van der Waals surface area contributed by atoms with E-state index in [1.807, 2.05) is 36.2 Å². The van der Waals surface area contributed by atoms with Crippen LogP contribution in [0, 0.1) is 0 Å².